The molecule has 7 nitrogen and oxygen atoms in total. The molecule has 1 amide bonds. The number of aromatic nitrogens is 2. The van der Waals surface area contributed by atoms with Crippen LogP contribution in [-0.2, 0) is 9.47 Å². The monoisotopic (exact) mass is 391 g/mol. The van der Waals surface area contributed by atoms with Crippen molar-refractivity contribution in [1.82, 2.24) is 15.5 Å². The topological polar surface area (TPSA) is 85.5 Å². The Morgan fingerprint density at radius 1 is 1.18 bits per heavy atom. The van der Waals surface area contributed by atoms with Gasteiger partial charge in [-0.25, -0.2) is 4.79 Å². The van der Waals surface area contributed by atoms with Crippen molar-refractivity contribution in [1.29, 1.82) is 0 Å². The van der Waals surface area contributed by atoms with Crippen LogP contribution in [-0.4, -0.2) is 41.1 Å². The molecule has 0 spiro atoms. The van der Waals surface area contributed by atoms with Gasteiger partial charge in [-0.3, -0.25) is 5.10 Å². The summed E-state index contributed by atoms with van der Waals surface area (Å²) in [5, 5.41) is 10.3. The van der Waals surface area contributed by atoms with Crippen molar-refractivity contribution in [3.8, 4) is 5.88 Å². The Balaban J connectivity index is 1.23. The number of hydrogen-bond donors (Lipinski definition) is 2. The molecule has 1 aromatic heterocycles. The van der Waals surface area contributed by atoms with E-state index in [-0.39, 0.29) is 30.4 Å². The van der Waals surface area contributed by atoms with Gasteiger partial charge < -0.3 is 19.5 Å². The van der Waals surface area contributed by atoms with Crippen molar-refractivity contribution >= 4 is 6.09 Å². The molecule has 156 valence electrons. The number of hydrogen-bond acceptors (Lipinski definition) is 5. The molecule has 3 aliphatic rings. The smallest absolute Gasteiger partial charge is 0.407 e. The van der Waals surface area contributed by atoms with E-state index in [0.717, 1.165) is 18.5 Å². The zero-order valence-electron chi connectivity index (χ0n) is 16.8. The summed E-state index contributed by atoms with van der Waals surface area (Å²) in [6.45, 7) is 2.45. The van der Waals surface area contributed by atoms with Gasteiger partial charge in [-0.2, -0.15) is 0 Å². The Bertz CT molecular complexity index is 637. The quantitative estimate of drug-likeness (QED) is 0.757. The largest absolute Gasteiger partial charge is 0.473 e. The highest BCUT2D eigenvalue weighted by Gasteiger charge is 2.33. The third-order valence-electron chi connectivity index (χ3n) is 6.17. The van der Waals surface area contributed by atoms with Gasteiger partial charge >= 0.3 is 6.09 Å². The summed E-state index contributed by atoms with van der Waals surface area (Å²) >= 11 is 0. The van der Waals surface area contributed by atoms with E-state index < -0.39 is 0 Å². The minimum absolute atomic E-state index is 0.138. The first-order valence-electron chi connectivity index (χ1n) is 11.0. The first kappa shape index (κ1) is 19.6. The van der Waals surface area contributed by atoms with Crippen molar-refractivity contribution in [2.24, 2.45) is 5.92 Å². The molecule has 7 heteroatoms. The molecule has 2 aliphatic carbocycles. The van der Waals surface area contributed by atoms with Gasteiger partial charge in [0.1, 0.15) is 18.3 Å². The fourth-order valence-electron chi connectivity index (χ4n) is 4.23. The SMILES string of the molecule is CC(NC(=O)OC1COC(c2cc(OC3CCCCCCC3)n[nH]2)C1)C1CC1. The number of ether oxygens (including phenoxy) is 3. The number of alkyl carbamates (subject to hydrolysis) is 1. The molecule has 1 aromatic rings. The molecule has 0 aromatic carbocycles. The van der Waals surface area contributed by atoms with E-state index >= 15 is 0 Å². The van der Waals surface area contributed by atoms with E-state index in [4.69, 9.17) is 14.2 Å². The van der Waals surface area contributed by atoms with Crippen molar-refractivity contribution in [3.05, 3.63) is 11.8 Å². The van der Waals surface area contributed by atoms with Gasteiger partial charge in [0, 0.05) is 18.5 Å². The summed E-state index contributed by atoms with van der Waals surface area (Å²) in [5.74, 6) is 1.26. The van der Waals surface area contributed by atoms with Crippen molar-refractivity contribution in [3.63, 3.8) is 0 Å². The lowest BCUT2D eigenvalue weighted by Gasteiger charge is -2.19. The number of nitrogens with one attached hydrogen (secondary N) is 2. The van der Waals surface area contributed by atoms with Gasteiger partial charge in [-0.15, -0.1) is 5.10 Å². The van der Waals surface area contributed by atoms with Crippen LogP contribution in [0.3, 0.4) is 0 Å². The zero-order valence-corrected chi connectivity index (χ0v) is 16.8. The number of amides is 1. The zero-order chi connectivity index (χ0) is 19.3. The molecule has 2 saturated carbocycles. The van der Waals surface area contributed by atoms with Crippen LogP contribution in [0.1, 0.15) is 82.9 Å². The third-order valence-corrected chi connectivity index (χ3v) is 6.17. The lowest BCUT2D eigenvalue weighted by atomic mass is 9.99. The first-order chi connectivity index (χ1) is 13.7. The van der Waals surface area contributed by atoms with E-state index in [1.165, 1.54) is 44.9 Å². The molecule has 3 atom stereocenters. The number of rotatable bonds is 6. The summed E-state index contributed by atoms with van der Waals surface area (Å²) in [6.07, 6.45) is 11.2. The van der Waals surface area contributed by atoms with Gasteiger partial charge in [0.2, 0.25) is 5.88 Å². The number of carbonyl (C=O) groups excluding carboxylic acids is 1. The minimum atomic E-state index is -0.341. The molecule has 28 heavy (non-hydrogen) atoms. The fourth-order valence-corrected chi connectivity index (χ4v) is 4.23. The average molecular weight is 392 g/mol. The van der Waals surface area contributed by atoms with E-state index in [2.05, 4.69) is 15.5 Å². The molecule has 0 bridgehead atoms. The van der Waals surface area contributed by atoms with E-state index in [1.54, 1.807) is 0 Å². The lowest BCUT2D eigenvalue weighted by molar-refractivity contribution is 0.0676. The van der Waals surface area contributed by atoms with Crippen molar-refractivity contribution < 1.29 is 19.0 Å². The Morgan fingerprint density at radius 2 is 1.93 bits per heavy atom. The van der Waals surface area contributed by atoms with E-state index in [0.29, 0.717) is 24.8 Å². The maximum Gasteiger partial charge on any atom is 0.407 e. The van der Waals surface area contributed by atoms with Crippen LogP contribution in [0, 0.1) is 5.92 Å². The molecule has 2 heterocycles. The van der Waals surface area contributed by atoms with Gasteiger partial charge in [0.25, 0.3) is 0 Å². The molecule has 3 fully saturated rings. The second-order valence-electron chi connectivity index (χ2n) is 8.60. The molecule has 2 N–H and O–H groups in total. The van der Waals surface area contributed by atoms with Crippen LogP contribution in [0.25, 0.3) is 0 Å². The maximum absolute atomic E-state index is 12.0. The second kappa shape index (κ2) is 9.16. The fraction of sp³-hybridized carbons (Fsp3) is 0.810. The summed E-state index contributed by atoms with van der Waals surface area (Å²) in [6, 6.07) is 2.12. The summed E-state index contributed by atoms with van der Waals surface area (Å²) in [4.78, 5) is 12.0. The van der Waals surface area contributed by atoms with Crippen LogP contribution in [0.5, 0.6) is 5.88 Å². The number of carbonyl (C=O) groups is 1. The van der Waals surface area contributed by atoms with Crippen molar-refractivity contribution in [2.75, 3.05) is 6.61 Å². The molecule has 1 aliphatic heterocycles. The molecule has 3 unspecified atom stereocenters. The summed E-state index contributed by atoms with van der Waals surface area (Å²) in [5.41, 5.74) is 0.888. The van der Waals surface area contributed by atoms with Crippen LogP contribution in [0.2, 0.25) is 0 Å². The van der Waals surface area contributed by atoms with Gasteiger partial charge in [-0.05, 0) is 51.4 Å². The van der Waals surface area contributed by atoms with E-state index in [9.17, 15) is 4.79 Å². The highest BCUT2D eigenvalue weighted by Crippen LogP contribution is 2.33. The maximum atomic E-state index is 12.0. The summed E-state index contributed by atoms with van der Waals surface area (Å²) in [7, 11) is 0. The van der Waals surface area contributed by atoms with Gasteiger partial charge in [-0.1, -0.05) is 19.3 Å². The third kappa shape index (κ3) is 5.40. The number of H-pyrrole nitrogens is 1. The highest BCUT2D eigenvalue weighted by molar-refractivity contribution is 5.67. The second-order valence-corrected chi connectivity index (χ2v) is 8.60. The number of nitrogens with zero attached hydrogens (tertiary/aromatic N) is 1. The highest BCUT2D eigenvalue weighted by atomic mass is 16.6. The Kier molecular flexibility index (Phi) is 6.40. The molecule has 0 radical (unpaired) electrons. The molecule has 1 saturated heterocycles. The average Bonchev–Trinajstić information content (AvgIpc) is 3.23. The molecular formula is C21H33N3O4. The Labute approximate surface area is 166 Å². The van der Waals surface area contributed by atoms with Gasteiger partial charge in [0.15, 0.2) is 0 Å². The predicted octanol–water partition coefficient (Wildman–Crippen LogP) is 4.26. The van der Waals surface area contributed by atoms with Crippen LogP contribution < -0.4 is 10.1 Å². The van der Waals surface area contributed by atoms with Gasteiger partial charge in [0.05, 0.1) is 12.3 Å². The normalized spacial score (nSPS) is 27.6. The van der Waals surface area contributed by atoms with Crippen LogP contribution >= 0.6 is 0 Å². The van der Waals surface area contributed by atoms with Crippen LogP contribution in [0.4, 0.5) is 4.79 Å². The Hall–Kier alpha value is -1.76. The summed E-state index contributed by atoms with van der Waals surface area (Å²) < 4.78 is 17.5. The Morgan fingerprint density at radius 3 is 2.68 bits per heavy atom. The molecule has 4 rings (SSSR count). The minimum Gasteiger partial charge on any atom is -0.473 e. The van der Waals surface area contributed by atoms with Crippen LogP contribution in [0.15, 0.2) is 6.07 Å². The lowest BCUT2D eigenvalue weighted by Crippen LogP contribution is -2.36. The standard InChI is InChI=1S/C21H33N3O4/c1-14(15-9-10-15)22-21(25)28-17-11-19(26-13-17)18-12-20(24-23-18)27-16-7-5-3-2-4-6-8-16/h12,14-17,19H,2-11,13H2,1H3,(H,22,25)(H,23,24). The van der Waals surface area contributed by atoms with Crippen molar-refractivity contribution in [2.45, 2.75) is 95.5 Å². The molecular weight excluding hydrogens is 358 g/mol. The van der Waals surface area contributed by atoms with E-state index in [1.807, 2.05) is 13.0 Å². The number of aromatic amines is 1. The predicted molar refractivity (Wildman–Crippen MR) is 104 cm³/mol. The first-order valence-corrected chi connectivity index (χ1v) is 11.0.